The van der Waals surface area contributed by atoms with Crippen molar-refractivity contribution in [3.63, 3.8) is 0 Å². The van der Waals surface area contributed by atoms with E-state index in [9.17, 15) is 18.4 Å². The average Bonchev–Trinajstić information content (AvgIpc) is 3.21. The van der Waals surface area contributed by atoms with E-state index < -0.39 is 42.7 Å². The summed E-state index contributed by atoms with van der Waals surface area (Å²) in [7, 11) is 1.21. The number of ether oxygens (including phenoxy) is 2. The molecular formula is C15H16F2N4O4. The molecule has 1 aliphatic carbocycles. The van der Waals surface area contributed by atoms with Gasteiger partial charge in [-0.15, -0.1) is 0 Å². The molecule has 25 heavy (non-hydrogen) atoms. The average molecular weight is 354 g/mol. The van der Waals surface area contributed by atoms with Gasteiger partial charge in [-0.05, 0) is 0 Å². The molecule has 2 aliphatic rings. The van der Waals surface area contributed by atoms with Crippen LogP contribution in [0.1, 0.15) is 35.6 Å². The lowest BCUT2D eigenvalue weighted by Gasteiger charge is -2.36. The molecule has 2 aromatic rings. The van der Waals surface area contributed by atoms with Gasteiger partial charge in [-0.3, -0.25) is 10.1 Å². The fourth-order valence-electron chi connectivity index (χ4n) is 3.29. The number of methoxy groups -OCH3 is 1. The van der Waals surface area contributed by atoms with Gasteiger partial charge in [0.2, 0.25) is 6.35 Å². The van der Waals surface area contributed by atoms with Crippen molar-refractivity contribution in [3.8, 4) is 0 Å². The first-order valence-electron chi connectivity index (χ1n) is 7.85. The molecule has 10 heteroatoms. The molecule has 2 fully saturated rings. The van der Waals surface area contributed by atoms with Gasteiger partial charge in [0.25, 0.3) is 11.5 Å². The molecule has 0 amide bonds. The van der Waals surface area contributed by atoms with Crippen LogP contribution in [0.25, 0.3) is 10.9 Å². The van der Waals surface area contributed by atoms with Gasteiger partial charge in [-0.2, -0.15) is 5.10 Å². The van der Waals surface area contributed by atoms with Crippen molar-refractivity contribution in [1.29, 1.82) is 0 Å². The number of nitrogens with one attached hydrogen (secondary N) is 1. The Morgan fingerprint density at radius 3 is 2.84 bits per heavy atom. The van der Waals surface area contributed by atoms with E-state index in [-0.39, 0.29) is 16.5 Å². The van der Waals surface area contributed by atoms with Crippen LogP contribution in [0.4, 0.5) is 8.78 Å². The lowest BCUT2D eigenvalue weighted by Crippen LogP contribution is -2.41. The highest BCUT2D eigenvalue weighted by molar-refractivity contribution is 6.02. The number of carbonyl (C=O) groups is 1. The Morgan fingerprint density at radius 2 is 2.24 bits per heavy atom. The maximum Gasteiger partial charge on any atom is 0.341 e. The van der Waals surface area contributed by atoms with E-state index in [1.807, 2.05) is 0 Å². The van der Waals surface area contributed by atoms with Crippen LogP contribution in [0.3, 0.4) is 0 Å². The summed E-state index contributed by atoms with van der Waals surface area (Å²) < 4.78 is 39.3. The van der Waals surface area contributed by atoms with E-state index in [4.69, 9.17) is 9.47 Å². The first kappa shape index (κ1) is 16.2. The summed E-state index contributed by atoms with van der Waals surface area (Å²) in [6.07, 6.45) is 1.13. The number of halogens is 2. The van der Waals surface area contributed by atoms with Gasteiger partial charge in [0, 0.05) is 31.6 Å². The Morgan fingerprint density at radius 1 is 1.48 bits per heavy atom. The van der Waals surface area contributed by atoms with Crippen LogP contribution in [0.2, 0.25) is 0 Å². The fourth-order valence-corrected chi connectivity index (χ4v) is 3.29. The van der Waals surface area contributed by atoms with Crippen molar-refractivity contribution in [2.75, 3.05) is 20.3 Å². The largest absolute Gasteiger partial charge is 0.465 e. The number of esters is 1. The molecule has 3 heterocycles. The summed E-state index contributed by atoms with van der Waals surface area (Å²) in [4.78, 5) is 24.9. The maximum atomic E-state index is 13.2. The van der Waals surface area contributed by atoms with Crippen molar-refractivity contribution in [2.45, 2.75) is 31.2 Å². The number of alkyl halides is 2. The van der Waals surface area contributed by atoms with Crippen LogP contribution in [0, 0.1) is 0 Å². The molecule has 1 saturated carbocycles. The predicted octanol–water partition coefficient (Wildman–Crippen LogP) is 1.03. The van der Waals surface area contributed by atoms with E-state index in [0.29, 0.717) is 13.2 Å². The molecular weight excluding hydrogens is 338 g/mol. The molecule has 4 rings (SSSR count). The molecule has 1 aliphatic heterocycles. The van der Waals surface area contributed by atoms with Crippen LogP contribution >= 0.6 is 0 Å². The Bertz CT molecular complexity index is 893. The van der Waals surface area contributed by atoms with E-state index >= 15 is 0 Å². The first-order chi connectivity index (χ1) is 11.9. The highest BCUT2D eigenvalue weighted by Gasteiger charge is 2.47. The third-order valence-electron chi connectivity index (χ3n) is 4.57. The molecule has 0 aromatic carbocycles. The first-order valence-corrected chi connectivity index (χ1v) is 7.85. The van der Waals surface area contributed by atoms with Crippen LogP contribution in [-0.2, 0) is 9.47 Å². The highest BCUT2D eigenvalue weighted by atomic mass is 19.3. The van der Waals surface area contributed by atoms with E-state index in [2.05, 4.69) is 10.4 Å². The summed E-state index contributed by atoms with van der Waals surface area (Å²) in [6, 6.07) is -0.653. The summed E-state index contributed by atoms with van der Waals surface area (Å²) in [6.45, 7) is 1.07. The van der Waals surface area contributed by atoms with Crippen molar-refractivity contribution in [1.82, 2.24) is 19.7 Å². The van der Waals surface area contributed by atoms with Crippen molar-refractivity contribution in [3.05, 3.63) is 28.3 Å². The molecule has 1 unspecified atom stereocenters. The number of nitrogens with zero attached hydrogens (tertiary/aromatic N) is 3. The summed E-state index contributed by atoms with van der Waals surface area (Å²) in [5, 5.41) is 7.35. The van der Waals surface area contributed by atoms with Gasteiger partial charge < -0.3 is 14.0 Å². The third kappa shape index (κ3) is 2.52. The predicted molar refractivity (Wildman–Crippen MR) is 81.5 cm³/mol. The number of hydrogen-bond donors (Lipinski definition) is 1. The van der Waals surface area contributed by atoms with Gasteiger partial charge in [-0.1, -0.05) is 0 Å². The molecule has 0 radical (unpaired) electrons. The molecule has 1 saturated heterocycles. The second-order valence-corrected chi connectivity index (χ2v) is 6.19. The summed E-state index contributed by atoms with van der Waals surface area (Å²) >= 11 is 0. The van der Waals surface area contributed by atoms with Crippen LogP contribution in [0.15, 0.2) is 17.2 Å². The maximum absolute atomic E-state index is 13.2. The van der Waals surface area contributed by atoms with Crippen molar-refractivity contribution < 1.29 is 23.0 Å². The zero-order valence-electron chi connectivity index (χ0n) is 13.4. The number of rotatable bonds is 3. The van der Waals surface area contributed by atoms with Crippen LogP contribution in [-0.4, -0.2) is 46.5 Å². The highest BCUT2D eigenvalue weighted by Crippen LogP contribution is 2.45. The Labute approximate surface area is 140 Å². The van der Waals surface area contributed by atoms with E-state index in [0.717, 1.165) is 0 Å². The minimum absolute atomic E-state index is 0.0853. The van der Waals surface area contributed by atoms with Crippen LogP contribution in [0.5, 0.6) is 0 Å². The number of pyridine rings is 1. The normalized spacial score (nSPS) is 22.9. The molecule has 0 bridgehead atoms. The second kappa shape index (κ2) is 5.60. The molecule has 1 N–H and O–H groups in total. The number of fused-ring (bicyclic) bond motifs is 1. The smallest absolute Gasteiger partial charge is 0.341 e. The fraction of sp³-hybridized carbons (Fsp3) is 0.533. The lowest BCUT2D eigenvalue weighted by molar-refractivity contribution is -0.104. The SMILES string of the molecule is COC(=O)c1cn(C2CC(F)(F)C2)c(=O)c2cnn(C3NCCO3)c12. The Hall–Kier alpha value is -2.33. The quantitative estimate of drug-likeness (QED) is 0.829. The van der Waals surface area contributed by atoms with Crippen LogP contribution < -0.4 is 10.9 Å². The number of aromatic nitrogens is 3. The Balaban J connectivity index is 1.89. The number of hydrogen-bond acceptors (Lipinski definition) is 6. The van der Waals surface area contributed by atoms with E-state index in [1.165, 1.54) is 28.8 Å². The van der Waals surface area contributed by atoms with Gasteiger partial charge in [0.15, 0.2) is 0 Å². The van der Waals surface area contributed by atoms with Gasteiger partial charge in [0.1, 0.15) is 5.56 Å². The number of carbonyl (C=O) groups excluding carboxylic acids is 1. The lowest BCUT2D eigenvalue weighted by atomic mass is 9.87. The topological polar surface area (TPSA) is 87.4 Å². The van der Waals surface area contributed by atoms with Gasteiger partial charge >= 0.3 is 5.97 Å². The molecule has 8 nitrogen and oxygen atoms in total. The molecule has 134 valence electrons. The summed E-state index contributed by atoms with van der Waals surface area (Å²) in [5.74, 6) is -3.46. The molecule has 2 aromatic heterocycles. The Kier molecular flexibility index (Phi) is 3.62. The zero-order chi connectivity index (χ0) is 17.8. The zero-order valence-corrected chi connectivity index (χ0v) is 13.4. The molecule has 1 atom stereocenters. The van der Waals surface area contributed by atoms with Crippen molar-refractivity contribution >= 4 is 16.9 Å². The standard InChI is InChI=1S/C15H16F2N4O4/c1-24-13(23)10-7-20(8-4-15(16,17)5-8)12(22)9-6-19-21(11(9)10)14-18-2-3-25-14/h6-8,14,18H,2-5H2,1H3. The third-order valence-corrected chi connectivity index (χ3v) is 4.57. The minimum Gasteiger partial charge on any atom is -0.465 e. The summed E-state index contributed by atoms with van der Waals surface area (Å²) in [5.41, 5.74) is -0.117. The minimum atomic E-state index is -2.78. The van der Waals surface area contributed by atoms with E-state index in [1.54, 1.807) is 0 Å². The monoisotopic (exact) mass is 354 g/mol. The molecule has 0 spiro atoms. The second-order valence-electron chi connectivity index (χ2n) is 6.19. The van der Waals surface area contributed by atoms with Gasteiger partial charge in [0.05, 0.1) is 30.8 Å². The van der Waals surface area contributed by atoms with Crippen molar-refractivity contribution in [2.24, 2.45) is 0 Å². The van der Waals surface area contributed by atoms with Gasteiger partial charge in [-0.25, -0.2) is 18.3 Å².